The van der Waals surface area contributed by atoms with Gasteiger partial charge in [-0.2, -0.15) is 4.57 Å². The van der Waals surface area contributed by atoms with E-state index in [0.717, 1.165) is 47.7 Å². The smallest absolute Gasteiger partial charge is 0.228 e. The third-order valence-corrected chi connectivity index (χ3v) is 8.69. The lowest BCUT2D eigenvalue weighted by molar-refractivity contribution is -0.683. The average molecular weight is 592 g/mol. The van der Waals surface area contributed by atoms with Crippen molar-refractivity contribution in [2.45, 2.75) is 130 Å². The maximum atomic E-state index is 13.1. The normalized spacial score (nSPS) is 11.5. The quantitative estimate of drug-likeness (QED) is 0.111. The highest BCUT2D eigenvalue weighted by Gasteiger charge is 2.21. The zero-order valence-electron chi connectivity index (χ0n) is 27.0. The van der Waals surface area contributed by atoms with E-state index in [2.05, 4.69) is 74.4 Å². The molecule has 0 unspecified atom stereocenters. The molecule has 1 amide bonds. The van der Waals surface area contributed by atoms with Gasteiger partial charge in [0.15, 0.2) is 12.7 Å². The number of carbonyl (C=O) groups excluding carboxylic acids is 1. The van der Waals surface area contributed by atoms with Gasteiger partial charge in [-0.25, -0.2) is 0 Å². The van der Waals surface area contributed by atoms with Crippen molar-refractivity contribution in [3.63, 3.8) is 0 Å². The van der Waals surface area contributed by atoms with Gasteiger partial charge in [0.25, 0.3) is 0 Å². The molecule has 0 radical (unpaired) electrons. The number of nitrogens with zero attached hydrogens (tertiary/aromatic N) is 1. The fourth-order valence-electron chi connectivity index (χ4n) is 5.41. The van der Waals surface area contributed by atoms with Crippen LogP contribution in [0.4, 0.5) is 5.69 Å². The molecule has 1 N–H and O–H groups in total. The van der Waals surface area contributed by atoms with Crippen LogP contribution >= 0.6 is 11.3 Å². The molecule has 0 atom stereocenters. The number of nitrogens with one attached hydrogen (secondary N) is 1. The Morgan fingerprint density at radius 3 is 2.14 bits per heavy atom. The summed E-state index contributed by atoms with van der Waals surface area (Å²) in [6, 6.07) is 14.3. The maximum Gasteiger partial charge on any atom is 0.228 e. The van der Waals surface area contributed by atoms with Crippen LogP contribution in [0.25, 0.3) is 0 Å². The predicted octanol–water partition coefficient (Wildman–Crippen LogP) is 9.95. The van der Waals surface area contributed by atoms with Crippen LogP contribution in [0.3, 0.4) is 0 Å². The van der Waals surface area contributed by atoms with Crippen LogP contribution in [-0.4, -0.2) is 12.5 Å². The number of aromatic nitrogens is 1. The summed E-state index contributed by atoms with van der Waals surface area (Å²) >= 11 is 1.73. The van der Waals surface area contributed by atoms with E-state index in [0.29, 0.717) is 6.42 Å². The van der Waals surface area contributed by atoms with Gasteiger partial charge in [0, 0.05) is 5.56 Å². The fourth-order valence-corrected chi connectivity index (χ4v) is 6.04. The van der Waals surface area contributed by atoms with E-state index in [9.17, 15) is 4.79 Å². The monoisotopic (exact) mass is 591 g/mol. The summed E-state index contributed by atoms with van der Waals surface area (Å²) in [5.41, 5.74) is 6.19. The Morgan fingerprint density at radius 2 is 1.52 bits per heavy atom. The molecule has 1 heterocycles. The van der Waals surface area contributed by atoms with Crippen LogP contribution in [0.15, 0.2) is 54.2 Å². The minimum absolute atomic E-state index is 0.000954. The number of ether oxygens (including phenoxy) is 1. The molecule has 0 spiro atoms. The molecule has 4 nitrogen and oxygen atoms in total. The Morgan fingerprint density at radius 1 is 0.881 bits per heavy atom. The minimum atomic E-state index is -0.0686. The number of benzene rings is 2. The number of unbranched alkanes of at least 4 members (excludes halogenated alkanes) is 11. The van der Waals surface area contributed by atoms with E-state index >= 15 is 0 Å². The molecule has 3 rings (SSSR count). The number of hydrogen-bond acceptors (Lipinski definition) is 3. The Kier molecular flexibility index (Phi) is 14.6. The summed E-state index contributed by atoms with van der Waals surface area (Å²) in [7, 11) is 0. The van der Waals surface area contributed by atoms with Crippen molar-refractivity contribution in [1.82, 2.24) is 0 Å². The van der Waals surface area contributed by atoms with Gasteiger partial charge >= 0.3 is 0 Å². The molecule has 230 valence electrons. The van der Waals surface area contributed by atoms with Crippen LogP contribution < -0.4 is 14.6 Å². The van der Waals surface area contributed by atoms with Gasteiger partial charge in [0.1, 0.15) is 5.75 Å². The number of carbonyl (C=O) groups is 1. The van der Waals surface area contributed by atoms with Gasteiger partial charge in [0.2, 0.25) is 11.4 Å². The number of aryl methyl sites for hydroxylation is 1. The molecular formula is C37H55N2O2S+. The van der Waals surface area contributed by atoms with Crippen molar-refractivity contribution in [2.24, 2.45) is 0 Å². The number of para-hydroxylation sites is 1. The van der Waals surface area contributed by atoms with E-state index < -0.39 is 0 Å². The number of amides is 1. The first-order chi connectivity index (χ1) is 20.3. The van der Waals surface area contributed by atoms with Crippen molar-refractivity contribution in [3.05, 3.63) is 75.7 Å². The van der Waals surface area contributed by atoms with Crippen molar-refractivity contribution >= 4 is 22.9 Å². The highest BCUT2D eigenvalue weighted by atomic mass is 32.1. The Bertz CT molecular complexity index is 1210. The second-order valence-corrected chi connectivity index (χ2v) is 13.9. The average Bonchev–Trinajstić information content (AvgIpc) is 3.36. The van der Waals surface area contributed by atoms with E-state index in [1.165, 1.54) is 75.5 Å². The molecule has 0 aliphatic carbocycles. The second-order valence-electron chi connectivity index (χ2n) is 12.8. The first-order valence-electron chi connectivity index (χ1n) is 16.3. The first kappa shape index (κ1) is 33.8. The topological polar surface area (TPSA) is 42.2 Å². The minimum Gasteiger partial charge on any atom is -0.493 e. The Hall–Kier alpha value is -2.66. The number of rotatable bonds is 19. The van der Waals surface area contributed by atoms with Gasteiger partial charge in [-0.15, -0.1) is 0 Å². The van der Waals surface area contributed by atoms with Crippen molar-refractivity contribution in [3.8, 4) is 5.75 Å². The molecule has 0 aliphatic heterocycles. The lowest BCUT2D eigenvalue weighted by Crippen LogP contribution is -2.31. The Balaban J connectivity index is 1.44. The highest BCUT2D eigenvalue weighted by molar-refractivity contribution is 7.09. The van der Waals surface area contributed by atoms with Crippen LogP contribution in [0.5, 0.6) is 5.75 Å². The molecule has 0 aliphatic rings. The first-order valence-corrected chi connectivity index (χ1v) is 17.2. The highest BCUT2D eigenvalue weighted by Crippen LogP contribution is 2.33. The van der Waals surface area contributed by atoms with Crippen molar-refractivity contribution < 1.29 is 14.1 Å². The predicted molar refractivity (Wildman–Crippen MR) is 179 cm³/mol. The standard InChI is InChI=1S/C37H54N2O2S/c1-6-7-8-9-10-11-12-13-14-15-16-19-24-41-35-23-22-31(25-33(35)37(3,4)5)26-36(40)38-34-21-18-17-20-32(34)28-39-27-30(2)42-29-39/h17-18,20-23,25,27,29H,6-16,19,24,26,28H2,1-5H3/p+1. The SMILES string of the molecule is CCCCCCCCCCCCCCOc1ccc(CC(=O)Nc2ccccc2C[n+]2csc(C)c2)cc1C(C)(C)C. The molecule has 0 bridgehead atoms. The van der Waals surface area contributed by atoms with E-state index in [1.807, 2.05) is 24.3 Å². The molecule has 2 aromatic carbocycles. The number of thiazole rings is 1. The molecule has 3 aromatic rings. The largest absolute Gasteiger partial charge is 0.493 e. The summed E-state index contributed by atoms with van der Waals surface area (Å²) in [6.07, 6.45) is 18.6. The molecule has 5 heteroatoms. The fraction of sp³-hybridized carbons (Fsp3) is 0.568. The summed E-state index contributed by atoms with van der Waals surface area (Å²) in [5.74, 6) is 0.946. The Labute approximate surface area is 259 Å². The molecule has 1 aromatic heterocycles. The van der Waals surface area contributed by atoms with E-state index in [4.69, 9.17) is 4.74 Å². The van der Waals surface area contributed by atoms with Gasteiger partial charge in [-0.3, -0.25) is 4.79 Å². The third-order valence-electron chi connectivity index (χ3n) is 7.84. The molecular weight excluding hydrogens is 536 g/mol. The van der Waals surface area contributed by atoms with Crippen LogP contribution in [-0.2, 0) is 23.2 Å². The summed E-state index contributed by atoms with van der Waals surface area (Å²) in [4.78, 5) is 14.4. The van der Waals surface area contributed by atoms with Crippen molar-refractivity contribution in [2.75, 3.05) is 11.9 Å². The summed E-state index contributed by atoms with van der Waals surface area (Å²) < 4.78 is 8.45. The van der Waals surface area contributed by atoms with Gasteiger partial charge < -0.3 is 10.1 Å². The van der Waals surface area contributed by atoms with Crippen molar-refractivity contribution in [1.29, 1.82) is 0 Å². The van der Waals surface area contributed by atoms with Gasteiger partial charge in [0.05, 0.1) is 23.6 Å². The summed E-state index contributed by atoms with van der Waals surface area (Å²) in [6.45, 7) is 12.5. The number of anilines is 1. The zero-order chi connectivity index (χ0) is 30.2. The third kappa shape index (κ3) is 12.3. The van der Waals surface area contributed by atoms with Crippen LogP contribution in [0, 0.1) is 6.92 Å². The molecule has 0 saturated heterocycles. The van der Waals surface area contributed by atoms with E-state index in [-0.39, 0.29) is 11.3 Å². The lowest BCUT2D eigenvalue weighted by atomic mass is 9.85. The van der Waals surface area contributed by atoms with Gasteiger partial charge in [-0.1, -0.05) is 140 Å². The summed E-state index contributed by atoms with van der Waals surface area (Å²) in [5, 5.41) is 3.16. The molecule has 0 fully saturated rings. The van der Waals surface area contributed by atoms with E-state index in [1.54, 1.807) is 11.3 Å². The van der Waals surface area contributed by atoms with Crippen LogP contribution in [0.1, 0.15) is 126 Å². The molecule has 0 saturated carbocycles. The van der Waals surface area contributed by atoms with Gasteiger partial charge in [-0.05, 0) is 42.0 Å². The number of hydrogen-bond donors (Lipinski definition) is 1. The maximum absolute atomic E-state index is 13.1. The lowest BCUT2D eigenvalue weighted by Gasteiger charge is -2.24. The second kappa shape index (κ2) is 18.1. The molecule has 42 heavy (non-hydrogen) atoms. The zero-order valence-corrected chi connectivity index (χ0v) is 27.8. The van der Waals surface area contributed by atoms with Crippen LogP contribution in [0.2, 0.25) is 0 Å².